The smallest absolute Gasteiger partial charge is 0.160 e. The van der Waals surface area contributed by atoms with Gasteiger partial charge in [-0.3, -0.25) is 4.79 Å². The van der Waals surface area contributed by atoms with Gasteiger partial charge in [-0.1, -0.05) is 5.11 Å². The molecule has 0 aliphatic rings. The van der Waals surface area contributed by atoms with Gasteiger partial charge in [0.1, 0.15) is 0 Å². The van der Waals surface area contributed by atoms with Crippen molar-refractivity contribution in [2.24, 2.45) is 10.8 Å². The van der Waals surface area contributed by atoms with Crippen LogP contribution in [-0.4, -0.2) is 45.2 Å². The Morgan fingerprint density at radius 3 is 3.00 bits per heavy atom. The highest BCUT2D eigenvalue weighted by Crippen LogP contribution is 1.76. The maximum absolute atomic E-state index is 10.7. The molecule has 0 amide bonds. The van der Waals surface area contributed by atoms with E-state index in [1.807, 2.05) is 0 Å². The molecule has 0 aromatic carbocycles. The Bertz CT molecular complexity index is 202. The molecule has 0 unspecified atom stereocenters. The minimum absolute atomic E-state index is 0.0286. The zero-order valence-corrected chi connectivity index (χ0v) is 7.98. The van der Waals surface area contributed by atoms with Crippen molar-refractivity contribution < 1.29 is 9.53 Å². The average Bonchev–Trinajstić information content (AvgIpc) is 2.21. The molecule has 0 radical (unpaired) electrons. The van der Waals surface area contributed by atoms with Crippen LogP contribution in [-0.2, 0) is 9.53 Å². The Balaban J connectivity index is 3.06. The number of nitrogens with one attached hydrogen (secondary N) is 1. The lowest BCUT2D eigenvalue weighted by Crippen LogP contribution is -2.30. The third kappa shape index (κ3) is 8.95. The second kappa shape index (κ2) is 9.94. The molecule has 0 heterocycles. The third-order valence-electron chi connectivity index (χ3n) is 1.37. The standard InChI is InChI=1S/C7H15N5O2/c8-5-7(13)6-10-1-3-14-4-2-11-12-9/h10H,1-6,8H2. The molecule has 0 spiro atoms. The normalized spacial score (nSPS) is 9.50. The summed E-state index contributed by atoms with van der Waals surface area (Å²) in [6.07, 6.45) is 0. The van der Waals surface area contributed by atoms with Gasteiger partial charge in [0.2, 0.25) is 0 Å². The van der Waals surface area contributed by atoms with Gasteiger partial charge in [0.05, 0.1) is 26.3 Å². The Morgan fingerprint density at radius 1 is 1.57 bits per heavy atom. The van der Waals surface area contributed by atoms with Crippen LogP contribution in [0.2, 0.25) is 0 Å². The van der Waals surface area contributed by atoms with Gasteiger partial charge in [-0.05, 0) is 5.53 Å². The van der Waals surface area contributed by atoms with Crippen molar-refractivity contribution in [3.05, 3.63) is 10.4 Å². The number of hydrogen-bond donors (Lipinski definition) is 2. The minimum atomic E-state index is -0.0286. The van der Waals surface area contributed by atoms with Gasteiger partial charge in [-0.15, -0.1) is 0 Å². The summed E-state index contributed by atoms with van der Waals surface area (Å²) in [6, 6.07) is 0. The van der Waals surface area contributed by atoms with Gasteiger partial charge in [0.15, 0.2) is 5.78 Å². The van der Waals surface area contributed by atoms with E-state index in [0.717, 1.165) is 0 Å². The second-order valence-corrected chi connectivity index (χ2v) is 2.49. The summed E-state index contributed by atoms with van der Waals surface area (Å²) in [7, 11) is 0. The third-order valence-corrected chi connectivity index (χ3v) is 1.37. The van der Waals surface area contributed by atoms with Gasteiger partial charge in [0.25, 0.3) is 0 Å². The maximum atomic E-state index is 10.7. The molecule has 0 rings (SSSR count). The summed E-state index contributed by atoms with van der Waals surface area (Å²) in [4.78, 5) is 13.3. The zero-order valence-electron chi connectivity index (χ0n) is 7.98. The molecular weight excluding hydrogens is 186 g/mol. The molecule has 0 fully saturated rings. The van der Waals surface area contributed by atoms with Crippen LogP contribution in [0.4, 0.5) is 0 Å². The second-order valence-electron chi connectivity index (χ2n) is 2.49. The van der Waals surface area contributed by atoms with Crippen LogP contribution in [0.25, 0.3) is 10.4 Å². The first kappa shape index (κ1) is 12.9. The van der Waals surface area contributed by atoms with E-state index in [9.17, 15) is 4.79 Å². The molecule has 0 aromatic heterocycles. The van der Waals surface area contributed by atoms with Crippen LogP contribution in [0.15, 0.2) is 5.11 Å². The number of azide groups is 1. The van der Waals surface area contributed by atoms with E-state index >= 15 is 0 Å². The maximum Gasteiger partial charge on any atom is 0.160 e. The van der Waals surface area contributed by atoms with Crippen LogP contribution < -0.4 is 11.1 Å². The summed E-state index contributed by atoms with van der Waals surface area (Å²) >= 11 is 0. The Morgan fingerprint density at radius 2 is 2.36 bits per heavy atom. The van der Waals surface area contributed by atoms with E-state index in [4.69, 9.17) is 16.0 Å². The van der Waals surface area contributed by atoms with Gasteiger partial charge in [0, 0.05) is 18.0 Å². The topological polar surface area (TPSA) is 113 Å². The Kier molecular flexibility index (Phi) is 9.13. The van der Waals surface area contributed by atoms with E-state index in [1.54, 1.807) is 0 Å². The van der Waals surface area contributed by atoms with E-state index in [0.29, 0.717) is 26.3 Å². The molecule has 0 aromatic rings. The molecule has 0 saturated heterocycles. The van der Waals surface area contributed by atoms with Gasteiger partial charge >= 0.3 is 0 Å². The summed E-state index contributed by atoms with van der Waals surface area (Å²) in [5.41, 5.74) is 13.0. The van der Waals surface area contributed by atoms with E-state index in [2.05, 4.69) is 15.3 Å². The summed E-state index contributed by atoms with van der Waals surface area (Å²) in [5.74, 6) is -0.0286. The number of rotatable bonds is 9. The number of nitrogens with two attached hydrogens (primary N) is 1. The molecule has 80 valence electrons. The predicted molar refractivity (Wildman–Crippen MR) is 51.8 cm³/mol. The number of carbonyl (C=O) groups excluding carboxylic acids is 1. The summed E-state index contributed by atoms with van der Waals surface area (Å²) in [6.45, 7) is 2.14. The number of nitrogens with zero attached hydrogens (tertiary/aromatic N) is 3. The molecule has 0 bridgehead atoms. The fourth-order valence-corrected chi connectivity index (χ4v) is 0.696. The number of hydrogen-bond acceptors (Lipinski definition) is 5. The van der Waals surface area contributed by atoms with E-state index in [-0.39, 0.29) is 18.9 Å². The number of Topliss-reactive ketones (excluding diaryl/α,β-unsaturated/α-hetero) is 1. The van der Waals surface area contributed by atoms with Crippen molar-refractivity contribution in [3.63, 3.8) is 0 Å². The van der Waals surface area contributed by atoms with Gasteiger partial charge < -0.3 is 15.8 Å². The number of carbonyl (C=O) groups is 1. The van der Waals surface area contributed by atoms with Crippen LogP contribution in [0.1, 0.15) is 0 Å². The van der Waals surface area contributed by atoms with Crippen LogP contribution in [0.5, 0.6) is 0 Å². The van der Waals surface area contributed by atoms with Crippen molar-refractivity contribution in [1.82, 2.24) is 5.32 Å². The Labute approximate surface area is 82.2 Å². The molecule has 7 nitrogen and oxygen atoms in total. The Hall–Kier alpha value is -1.14. The highest BCUT2D eigenvalue weighted by molar-refractivity contribution is 5.82. The lowest BCUT2D eigenvalue weighted by molar-refractivity contribution is -0.116. The van der Waals surface area contributed by atoms with E-state index in [1.165, 1.54) is 0 Å². The largest absolute Gasteiger partial charge is 0.380 e. The van der Waals surface area contributed by atoms with Crippen LogP contribution >= 0.6 is 0 Å². The van der Waals surface area contributed by atoms with Crippen LogP contribution in [0, 0.1) is 0 Å². The SMILES string of the molecule is [N-]=[N+]=NCCOCCNCC(=O)CN. The fourth-order valence-electron chi connectivity index (χ4n) is 0.696. The monoisotopic (exact) mass is 201 g/mol. The molecule has 0 aliphatic heterocycles. The lowest BCUT2D eigenvalue weighted by Gasteiger charge is -2.03. The van der Waals surface area contributed by atoms with Crippen molar-refractivity contribution in [3.8, 4) is 0 Å². The summed E-state index contributed by atoms with van der Waals surface area (Å²) in [5, 5.41) is 6.16. The van der Waals surface area contributed by atoms with Crippen molar-refractivity contribution >= 4 is 5.78 Å². The molecule has 7 heteroatoms. The molecule has 0 aliphatic carbocycles. The first-order chi connectivity index (χ1) is 6.81. The highest BCUT2D eigenvalue weighted by atomic mass is 16.5. The minimum Gasteiger partial charge on any atom is -0.380 e. The van der Waals surface area contributed by atoms with E-state index < -0.39 is 0 Å². The molecule has 0 atom stereocenters. The average molecular weight is 201 g/mol. The first-order valence-corrected chi connectivity index (χ1v) is 4.32. The highest BCUT2D eigenvalue weighted by Gasteiger charge is 1.95. The van der Waals surface area contributed by atoms with Crippen molar-refractivity contribution in [2.45, 2.75) is 0 Å². The van der Waals surface area contributed by atoms with Gasteiger partial charge in [-0.25, -0.2) is 0 Å². The van der Waals surface area contributed by atoms with Crippen LogP contribution in [0.3, 0.4) is 0 Å². The van der Waals surface area contributed by atoms with Gasteiger partial charge in [-0.2, -0.15) is 0 Å². The number of ketones is 1. The molecule has 3 N–H and O–H groups in total. The molecule has 0 saturated carbocycles. The first-order valence-electron chi connectivity index (χ1n) is 4.32. The molecular formula is C7H15N5O2. The zero-order chi connectivity index (χ0) is 10.6. The van der Waals surface area contributed by atoms with Crippen molar-refractivity contribution in [2.75, 3.05) is 39.4 Å². The lowest BCUT2D eigenvalue weighted by atomic mass is 10.4. The molecule has 14 heavy (non-hydrogen) atoms. The number of ether oxygens (including phenoxy) is 1. The quantitative estimate of drug-likeness (QED) is 0.225. The predicted octanol–water partition coefficient (Wildman–Crippen LogP) is -0.569. The van der Waals surface area contributed by atoms with Crippen molar-refractivity contribution in [1.29, 1.82) is 0 Å². The summed E-state index contributed by atoms with van der Waals surface area (Å²) < 4.78 is 5.08. The fraction of sp³-hybridized carbons (Fsp3) is 0.857.